The summed E-state index contributed by atoms with van der Waals surface area (Å²) in [6.45, 7) is 7.38. The maximum atomic E-state index is 11.0. The van der Waals surface area contributed by atoms with Gasteiger partial charge in [-0.05, 0) is 26.3 Å². The number of hydrogen-bond donors (Lipinski definition) is 0. The summed E-state index contributed by atoms with van der Waals surface area (Å²) in [5.41, 5.74) is 0.432. The molecule has 0 fully saturated rings. The summed E-state index contributed by atoms with van der Waals surface area (Å²) < 4.78 is 15.1. The maximum absolute atomic E-state index is 11.0. The van der Waals surface area contributed by atoms with Gasteiger partial charge in [0.1, 0.15) is 6.29 Å². The number of rotatable bonds is 8. The Bertz CT molecular complexity index is 206. The van der Waals surface area contributed by atoms with Crippen molar-refractivity contribution in [3.05, 3.63) is 12.2 Å². The lowest BCUT2D eigenvalue weighted by atomic mass is 10.4. The normalized spacial score (nSPS) is 12.2. The Morgan fingerprint density at radius 1 is 1.53 bits per heavy atom. The van der Waals surface area contributed by atoms with Crippen LogP contribution in [0.15, 0.2) is 12.2 Å². The Labute approximate surface area is 93.5 Å². The lowest BCUT2D eigenvalue weighted by Crippen LogP contribution is -2.14. The first-order valence-electron chi connectivity index (χ1n) is 4.82. The minimum atomic E-state index is -0.329. The van der Waals surface area contributed by atoms with E-state index in [1.54, 1.807) is 14.0 Å². The van der Waals surface area contributed by atoms with Crippen molar-refractivity contribution < 1.29 is 18.7 Å². The zero-order valence-electron chi connectivity index (χ0n) is 9.54. The third kappa shape index (κ3) is 8.35. The van der Waals surface area contributed by atoms with Gasteiger partial charge in [0.15, 0.2) is 0 Å². The summed E-state index contributed by atoms with van der Waals surface area (Å²) in [4.78, 5) is 11.0. The third-order valence-corrected chi connectivity index (χ3v) is 2.64. The molecule has 1 atom stereocenters. The van der Waals surface area contributed by atoms with Gasteiger partial charge >= 0.3 is 5.97 Å². The van der Waals surface area contributed by atoms with E-state index in [1.165, 1.54) is 0 Å². The summed E-state index contributed by atoms with van der Waals surface area (Å²) in [6, 6.07) is 0.872. The third-order valence-electron chi connectivity index (χ3n) is 1.59. The minimum Gasteiger partial charge on any atom is -0.462 e. The summed E-state index contributed by atoms with van der Waals surface area (Å²) in [5, 5.41) is 0. The van der Waals surface area contributed by atoms with Crippen LogP contribution in [0.25, 0.3) is 0 Å². The van der Waals surface area contributed by atoms with E-state index in [0.29, 0.717) is 21.9 Å². The number of esters is 1. The fourth-order valence-corrected chi connectivity index (χ4v) is 1.39. The molecule has 0 aromatic rings. The topological polar surface area (TPSA) is 44.8 Å². The van der Waals surface area contributed by atoms with Gasteiger partial charge in [0.05, 0.1) is 6.61 Å². The van der Waals surface area contributed by atoms with Gasteiger partial charge in [-0.25, -0.2) is 4.79 Å². The number of hydrogen-bond acceptors (Lipinski definition) is 4. The highest BCUT2D eigenvalue weighted by atomic mass is 28.2. The smallest absolute Gasteiger partial charge is 0.333 e. The molecule has 0 aromatic heterocycles. The molecule has 86 valence electrons. The first kappa shape index (κ1) is 14.3. The number of carbonyl (C=O) groups is 1. The molecule has 4 nitrogen and oxygen atoms in total. The van der Waals surface area contributed by atoms with Crippen LogP contribution in [0.1, 0.15) is 20.3 Å². The zero-order chi connectivity index (χ0) is 11.7. The summed E-state index contributed by atoms with van der Waals surface area (Å²) in [5.74, 6) is -0.329. The predicted molar refractivity (Wildman–Crippen MR) is 58.5 cm³/mol. The highest BCUT2D eigenvalue weighted by Crippen LogP contribution is 1.98. The highest BCUT2D eigenvalue weighted by molar-refractivity contribution is 6.27. The fourth-order valence-electron chi connectivity index (χ4n) is 0.657. The molecule has 0 aliphatic carbocycles. The van der Waals surface area contributed by atoms with E-state index in [1.807, 2.05) is 6.92 Å². The van der Waals surface area contributed by atoms with Crippen LogP contribution in [0.5, 0.6) is 0 Å². The van der Waals surface area contributed by atoms with E-state index in [9.17, 15) is 4.79 Å². The van der Waals surface area contributed by atoms with Gasteiger partial charge in [-0.1, -0.05) is 6.58 Å². The van der Waals surface area contributed by atoms with Crippen LogP contribution in [0.4, 0.5) is 0 Å². The van der Waals surface area contributed by atoms with E-state index in [0.717, 1.165) is 12.5 Å². The SMILES string of the molecule is C=C(C)C(=O)OCCC[Si]OC(C)OC. The van der Waals surface area contributed by atoms with Crippen molar-refractivity contribution in [2.24, 2.45) is 0 Å². The Kier molecular flexibility index (Phi) is 8.26. The molecule has 0 saturated carbocycles. The van der Waals surface area contributed by atoms with Crippen molar-refractivity contribution in [1.82, 2.24) is 0 Å². The van der Waals surface area contributed by atoms with Crippen molar-refractivity contribution >= 4 is 15.7 Å². The number of carbonyl (C=O) groups excluding carboxylic acids is 1. The predicted octanol–water partition coefficient (Wildman–Crippen LogP) is 1.54. The molecule has 0 saturated heterocycles. The van der Waals surface area contributed by atoms with Gasteiger partial charge in [0, 0.05) is 12.7 Å². The molecule has 15 heavy (non-hydrogen) atoms. The average molecular weight is 230 g/mol. The molecule has 0 aliphatic rings. The molecule has 0 amide bonds. The standard InChI is InChI=1S/C10H18O4Si/c1-8(2)10(11)13-6-5-7-15-14-9(3)12-4/h9H,1,5-7H2,2-4H3. The van der Waals surface area contributed by atoms with Crippen molar-refractivity contribution in [3.63, 3.8) is 0 Å². The van der Waals surface area contributed by atoms with Crippen molar-refractivity contribution in [2.75, 3.05) is 13.7 Å². The van der Waals surface area contributed by atoms with Crippen molar-refractivity contribution in [1.29, 1.82) is 0 Å². The molecular weight excluding hydrogens is 212 g/mol. The molecule has 0 rings (SSSR count). The molecule has 0 bridgehead atoms. The Morgan fingerprint density at radius 2 is 2.20 bits per heavy atom. The first-order chi connectivity index (χ1) is 7.07. The summed E-state index contributed by atoms with van der Waals surface area (Å²) in [7, 11) is 1.98. The number of ether oxygens (including phenoxy) is 2. The first-order valence-corrected chi connectivity index (χ1v) is 5.93. The number of methoxy groups -OCH3 is 1. The fraction of sp³-hybridized carbons (Fsp3) is 0.700. The average Bonchev–Trinajstić information content (AvgIpc) is 2.22. The van der Waals surface area contributed by atoms with E-state index in [4.69, 9.17) is 13.9 Å². The van der Waals surface area contributed by atoms with Crippen LogP contribution in [0.3, 0.4) is 0 Å². The summed E-state index contributed by atoms with van der Waals surface area (Å²) in [6.07, 6.45) is 0.634. The van der Waals surface area contributed by atoms with Crippen LogP contribution in [0, 0.1) is 0 Å². The second kappa shape index (κ2) is 8.64. The van der Waals surface area contributed by atoms with Crippen LogP contribution in [-0.2, 0) is 18.7 Å². The van der Waals surface area contributed by atoms with Gasteiger partial charge in [0.2, 0.25) is 9.76 Å². The van der Waals surface area contributed by atoms with E-state index in [-0.39, 0.29) is 12.3 Å². The lowest BCUT2D eigenvalue weighted by molar-refractivity contribution is -0.138. The molecule has 0 N–H and O–H groups in total. The molecule has 0 aliphatic heterocycles. The van der Waals surface area contributed by atoms with E-state index >= 15 is 0 Å². The largest absolute Gasteiger partial charge is 0.462 e. The lowest BCUT2D eigenvalue weighted by Gasteiger charge is -2.09. The van der Waals surface area contributed by atoms with Gasteiger partial charge < -0.3 is 13.9 Å². The zero-order valence-corrected chi connectivity index (χ0v) is 10.5. The van der Waals surface area contributed by atoms with Gasteiger partial charge in [0.25, 0.3) is 0 Å². The molecule has 0 aromatic carbocycles. The Morgan fingerprint density at radius 3 is 2.73 bits per heavy atom. The van der Waals surface area contributed by atoms with E-state index < -0.39 is 0 Å². The second-order valence-electron chi connectivity index (χ2n) is 3.09. The maximum Gasteiger partial charge on any atom is 0.333 e. The molecule has 1 unspecified atom stereocenters. The van der Waals surface area contributed by atoms with E-state index in [2.05, 4.69) is 6.58 Å². The van der Waals surface area contributed by atoms with Crippen molar-refractivity contribution in [2.45, 2.75) is 32.6 Å². The highest BCUT2D eigenvalue weighted by Gasteiger charge is 2.03. The van der Waals surface area contributed by atoms with Crippen molar-refractivity contribution in [3.8, 4) is 0 Å². The minimum absolute atomic E-state index is 0.165. The van der Waals surface area contributed by atoms with Gasteiger partial charge in [-0.2, -0.15) is 0 Å². The van der Waals surface area contributed by atoms with Crippen LogP contribution in [-0.4, -0.2) is 35.7 Å². The second-order valence-corrected chi connectivity index (χ2v) is 4.11. The molecule has 0 spiro atoms. The van der Waals surface area contributed by atoms with Gasteiger partial charge in [-0.15, -0.1) is 0 Å². The Hall–Kier alpha value is -0.653. The van der Waals surface area contributed by atoms with Crippen LogP contribution in [0.2, 0.25) is 6.04 Å². The van der Waals surface area contributed by atoms with Crippen LogP contribution < -0.4 is 0 Å². The summed E-state index contributed by atoms with van der Waals surface area (Å²) >= 11 is 0. The quantitative estimate of drug-likeness (QED) is 0.209. The Balaban J connectivity index is 3.25. The molecule has 2 radical (unpaired) electrons. The van der Waals surface area contributed by atoms with Crippen LogP contribution >= 0.6 is 0 Å². The molecular formula is C10H18O4Si. The molecule has 5 heteroatoms. The van der Waals surface area contributed by atoms with Gasteiger partial charge in [-0.3, -0.25) is 0 Å². The monoisotopic (exact) mass is 230 g/mol. The molecule has 0 heterocycles.